The van der Waals surface area contributed by atoms with Crippen LogP contribution >= 0.6 is 0 Å². The standard InChI is InChI=1S/C28H36N2O4/c1-21(2)28(20-29,25-11-10-24(19-31)26(18-25)33-4)13-7-14-30(3)15-12-22-8-6-9-23(16-22)17-27(32)34-5/h6,8-11,16,18-19,21H,7,12-15,17H2,1-5H3. The summed E-state index contributed by atoms with van der Waals surface area (Å²) in [6.07, 6.45) is 3.51. The van der Waals surface area contributed by atoms with Gasteiger partial charge < -0.3 is 14.4 Å². The summed E-state index contributed by atoms with van der Waals surface area (Å²) >= 11 is 0. The fraction of sp³-hybridized carbons (Fsp3) is 0.464. The lowest BCUT2D eigenvalue weighted by Crippen LogP contribution is -2.32. The van der Waals surface area contributed by atoms with Gasteiger partial charge in [0, 0.05) is 6.54 Å². The number of esters is 1. The second-order valence-electron chi connectivity index (χ2n) is 9.04. The SMILES string of the molecule is COC(=O)Cc1cccc(CCN(C)CCCC(C#N)(c2ccc(C=O)c(OC)c2)C(C)C)c1. The molecule has 0 aromatic heterocycles. The topological polar surface area (TPSA) is 79.6 Å². The van der Waals surface area contributed by atoms with E-state index in [1.807, 2.05) is 24.3 Å². The van der Waals surface area contributed by atoms with Gasteiger partial charge in [-0.25, -0.2) is 0 Å². The van der Waals surface area contributed by atoms with E-state index in [-0.39, 0.29) is 18.3 Å². The second-order valence-corrected chi connectivity index (χ2v) is 9.04. The molecule has 2 aromatic rings. The highest BCUT2D eigenvalue weighted by Gasteiger charge is 2.36. The lowest BCUT2D eigenvalue weighted by atomic mass is 9.69. The van der Waals surface area contributed by atoms with Crippen LogP contribution in [0.1, 0.15) is 53.7 Å². The molecule has 0 saturated carbocycles. The Kier molecular flexibility index (Phi) is 10.3. The van der Waals surface area contributed by atoms with Gasteiger partial charge in [-0.05, 0) is 67.6 Å². The third-order valence-corrected chi connectivity index (χ3v) is 6.52. The molecule has 2 aromatic carbocycles. The van der Waals surface area contributed by atoms with E-state index in [0.29, 0.717) is 17.7 Å². The first kappa shape index (κ1) is 27.1. The molecular formula is C28H36N2O4. The van der Waals surface area contributed by atoms with Crippen LogP contribution < -0.4 is 4.74 Å². The monoisotopic (exact) mass is 464 g/mol. The maximum Gasteiger partial charge on any atom is 0.309 e. The number of hydrogen-bond acceptors (Lipinski definition) is 6. The molecule has 0 aliphatic rings. The number of benzene rings is 2. The molecule has 182 valence electrons. The number of carbonyl (C=O) groups excluding carboxylic acids is 2. The number of aldehydes is 1. The Morgan fingerprint density at radius 1 is 1.15 bits per heavy atom. The zero-order chi connectivity index (χ0) is 25.1. The molecule has 0 fully saturated rings. The maximum atomic E-state index is 11.5. The van der Waals surface area contributed by atoms with E-state index in [4.69, 9.17) is 9.47 Å². The predicted octanol–water partition coefficient (Wildman–Crippen LogP) is 4.60. The van der Waals surface area contributed by atoms with Crippen LogP contribution in [0.15, 0.2) is 42.5 Å². The summed E-state index contributed by atoms with van der Waals surface area (Å²) in [6.45, 7) is 5.87. The number of methoxy groups -OCH3 is 2. The third-order valence-electron chi connectivity index (χ3n) is 6.52. The highest BCUT2D eigenvalue weighted by Crippen LogP contribution is 2.38. The van der Waals surface area contributed by atoms with E-state index < -0.39 is 5.41 Å². The van der Waals surface area contributed by atoms with Gasteiger partial charge in [0.25, 0.3) is 0 Å². The molecule has 1 atom stereocenters. The maximum absolute atomic E-state index is 11.5. The van der Waals surface area contributed by atoms with Crippen molar-refractivity contribution in [2.24, 2.45) is 5.92 Å². The van der Waals surface area contributed by atoms with E-state index >= 15 is 0 Å². The summed E-state index contributed by atoms with van der Waals surface area (Å²) in [4.78, 5) is 25.1. The summed E-state index contributed by atoms with van der Waals surface area (Å²) < 4.78 is 10.1. The van der Waals surface area contributed by atoms with E-state index in [1.165, 1.54) is 19.8 Å². The molecule has 0 heterocycles. The first-order chi connectivity index (χ1) is 16.3. The Hall–Kier alpha value is -3.17. The fourth-order valence-corrected chi connectivity index (χ4v) is 4.30. The van der Waals surface area contributed by atoms with E-state index in [0.717, 1.165) is 43.3 Å². The molecule has 0 amide bonds. The Bertz CT molecular complexity index is 1010. The number of rotatable bonds is 13. The normalized spacial score (nSPS) is 12.8. The lowest BCUT2D eigenvalue weighted by Gasteiger charge is -2.32. The summed E-state index contributed by atoms with van der Waals surface area (Å²) in [5.41, 5.74) is 2.86. The zero-order valence-electron chi connectivity index (χ0n) is 21.0. The first-order valence-electron chi connectivity index (χ1n) is 11.7. The molecule has 1 unspecified atom stereocenters. The van der Waals surface area contributed by atoms with Crippen LogP contribution in [0.4, 0.5) is 0 Å². The molecule has 0 spiro atoms. The van der Waals surface area contributed by atoms with Crippen molar-refractivity contribution in [1.29, 1.82) is 5.26 Å². The van der Waals surface area contributed by atoms with Crippen LogP contribution in [-0.4, -0.2) is 51.5 Å². The molecule has 0 N–H and O–H groups in total. The summed E-state index contributed by atoms with van der Waals surface area (Å²) in [5.74, 6) is 0.366. The molecule has 0 saturated heterocycles. The van der Waals surface area contributed by atoms with Gasteiger partial charge in [0.2, 0.25) is 0 Å². The van der Waals surface area contributed by atoms with Gasteiger partial charge in [0.05, 0.1) is 37.7 Å². The van der Waals surface area contributed by atoms with Crippen molar-refractivity contribution in [3.05, 3.63) is 64.7 Å². The molecule has 6 nitrogen and oxygen atoms in total. The Morgan fingerprint density at radius 3 is 2.50 bits per heavy atom. The Labute approximate surface area is 203 Å². The van der Waals surface area contributed by atoms with Crippen LogP contribution in [0.5, 0.6) is 5.75 Å². The summed E-state index contributed by atoms with van der Waals surface area (Å²) in [5, 5.41) is 10.2. The number of nitriles is 1. The molecule has 0 radical (unpaired) electrons. The van der Waals surface area contributed by atoms with Crippen molar-refractivity contribution in [3.63, 3.8) is 0 Å². The molecule has 34 heavy (non-hydrogen) atoms. The highest BCUT2D eigenvalue weighted by molar-refractivity contribution is 5.79. The Morgan fingerprint density at radius 2 is 1.88 bits per heavy atom. The van der Waals surface area contributed by atoms with Crippen LogP contribution in [-0.2, 0) is 27.8 Å². The minimum absolute atomic E-state index is 0.104. The predicted molar refractivity (Wildman–Crippen MR) is 133 cm³/mol. The van der Waals surface area contributed by atoms with Crippen molar-refractivity contribution in [2.45, 2.75) is 44.9 Å². The van der Waals surface area contributed by atoms with Gasteiger partial charge >= 0.3 is 5.97 Å². The van der Waals surface area contributed by atoms with Crippen molar-refractivity contribution >= 4 is 12.3 Å². The Balaban J connectivity index is 2.00. The number of carbonyl (C=O) groups is 2. The van der Waals surface area contributed by atoms with Crippen LogP contribution in [0.25, 0.3) is 0 Å². The molecule has 0 bridgehead atoms. The summed E-state index contributed by atoms with van der Waals surface area (Å²) in [6, 6.07) is 16.1. The second kappa shape index (κ2) is 12.9. The smallest absolute Gasteiger partial charge is 0.309 e. The van der Waals surface area contributed by atoms with Gasteiger partial charge in [-0.2, -0.15) is 5.26 Å². The van der Waals surface area contributed by atoms with Crippen LogP contribution in [0, 0.1) is 17.2 Å². The van der Waals surface area contributed by atoms with E-state index in [2.05, 4.69) is 44.0 Å². The van der Waals surface area contributed by atoms with Crippen molar-refractivity contribution < 1.29 is 19.1 Å². The number of ether oxygens (including phenoxy) is 2. The molecule has 2 rings (SSSR count). The zero-order valence-corrected chi connectivity index (χ0v) is 21.0. The van der Waals surface area contributed by atoms with E-state index in [9.17, 15) is 14.9 Å². The fourth-order valence-electron chi connectivity index (χ4n) is 4.30. The van der Waals surface area contributed by atoms with Crippen molar-refractivity contribution in [1.82, 2.24) is 4.90 Å². The minimum Gasteiger partial charge on any atom is -0.496 e. The van der Waals surface area contributed by atoms with Crippen LogP contribution in [0.2, 0.25) is 0 Å². The molecule has 0 aliphatic carbocycles. The number of likely N-dealkylation sites (N-methyl/N-ethyl adjacent to an activating group) is 1. The third kappa shape index (κ3) is 6.91. The average molecular weight is 465 g/mol. The molecule has 6 heteroatoms. The molecule has 0 aliphatic heterocycles. The lowest BCUT2D eigenvalue weighted by molar-refractivity contribution is -0.139. The average Bonchev–Trinajstić information content (AvgIpc) is 2.85. The van der Waals surface area contributed by atoms with Gasteiger partial charge in [-0.1, -0.05) is 44.2 Å². The number of nitrogens with zero attached hydrogens (tertiary/aromatic N) is 2. The van der Waals surface area contributed by atoms with Crippen molar-refractivity contribution in [3.8, 4) is 11.8 Å². The first-order valence-corrected chi connectivity index (χ1v) is 11.7. The highest BCUT2D eigenvalue weighted by atomic mass is 16.5. The van der Waals surface area contributed by atoms with Crippen LogP contribution in [0.3, 0.4) is 0 Å². The largest absolute Gasteiger partial charge is 0.496 e. The number of hydrogen-bond donors (Lipinski definition) is 0. The minimum atomic E-state index is -0.655. The van der Waals surface area contributed by atoms with Gasteiger partial charge in [-0.3, -0.25) is 9.59 Å². The van der Waals surface area contributed by atoms with E-state index in [1.54, 1.807) is 6.07 Å². The van der Waals surface area contributed by atoms with Gasteiger partial charge in [-0.15, -0.1) is 0 Å². The van der Waals surface area contributed by atoms with Gasteiger partial charge in [0.15, 0.2) is 6.29 Å². The molecular weight excluding hydrogens is 428 g/mol. The summed E-state index contributed by atoms with van der Waals surface area (Å²) in [7, 11) is 5.03. The van der Waals surface area contributed by atoms with Gasteiger partial charge in [0.1, 0.15) is 5.75 Å². The quantitative estimate of drug-likeness (QED) is 0.319. The van der Waals surface area contributed by atoms with Crippen molar-refractivity contribution in [2.75, 3.05) is 34.4 Å².